The molecule has 0 saturated heterocycles. The minimum atomic E-state index is -2.73. The molecular weight excluding hydrogens is 504 g/mol. The number of fused-ring (bicyclic) bond motifs is 1. The van der Waals surface area contributed by atoms with Crippen LogP contribution in [-0.2, 0) is 3.79 Å². The summed E-state index contributed by atoms with van der Waals surface area (Å²) in [6.07, 6.45) is 10.9. The number of benzene rings is 3. The van der Waals surface area contributed by atoms with Gasteiger partial charge in [-0.25, -0.2) is 4.98 Å². The number of aromatic nitrogens is 1. The Labute approximate surface area is 231 Å². The van der Waals surface area contributed by atoms with Crippen molar-refractivity contribution in [1.29, 1.82) is 0 Å². The molecule has 1 heterocycles. The van der Waals surface area contributed by atoms with E-state index in [0.29, 0.717) is 17.9 Å². The van der Waals surface area contributed by atoms with Crippen LogP contribution in [0.4, 0.5) is 0 Å². The molecule has 4 aromatic rings. The third kappa shape index (κ3) is 6.82. The summed E-state index contributed by atoms with van der Waals surface area (Å²) in [7, 11) is 2.71. The SMILES string of the molecule is C/C(P)=C/C=C1/C=CC=C([O][Al]([O]c2ccc(-c3ccccc3)cc2)[O]c2cccc3ccc(C)nc23)C1. The van der Waals surface area contributed by atoms with Gasteiger partial charge in [0.25, 0.3) is 0 Å². The van der Waals surface area contributed by atoms with Crippen LogP contribution in [0.5, 0.6) is 11.5 Å². The molecule has 0 saturated carbocycles. The van der Waals surface area contributed by atoms with Crippen molar-refractivity contribution < 1.29 is 11.4 Å². The predicted octanol–water partition coefficient (Wildman–Crippen LogP) is 8.22. The molecular formula is C32H29AlNO3P. The number of allylic oxidation sites excluding steroid dienone is 7. The minimum Gasteiger partial charge on any atom is -0.580 e. The highest BCUT2D eigenvalue weighted by Gasteiger charge is 2.45. The van der Waals surface area contributed by atoms with Gasteiger partial charge in [-0.3, -0.25) is 0 Å². The maximum Gasteiger partial charge on any atom is 1.20 e. The van der Waals surface area contributed by atoms with E-state index in [-0.39, 0.29) is 0 Å². The summed E-state index contributed by atoms with van der Waals surface area (Å²) in [6.45, 7) is 4.03. The van der Waals surface area contributed by atoms with Crippen LogP contribution in [0.2, 0.25) is 0 Å². The van der Waals surface area contributed by atoms with Crippen LogP contribution >= 0.6 is 9.24 Å². The number of pyridine rings is 1. The van der Waals surface area contributed by atoms with Gasteiger partial charge in [0.15, 0.2) is 0 Å². The Hall–Kier alpha value is -3.61. The molecule has 0 spiro atoms. The van der Waals surface area contributed by atoms with Crippen LogP contribution in [0.15, 0.2) is 132 Å². The molecule has 3 aromatic carbocycles. The molecule has 1 aliphatic rings. The molecule has 0 amide bonds. The third-order valence-corrected chi connectivity index (χ3v) is 7.62. The van der Waals surface area contributed by atoms with Gasteiger partial charge in [-0.2, -0.15) is 0 Å². The van der Waals surface area contributed by atoms with Crippen LogP contribution < -0.4 is 7.58 Å². The number of rotatable bonds is 8. The number of aryl methyl sites for hydroxylation is 1. The normalized spacial score (nSPS) is 14.3. The molecule has 5 rings (SSSR count). The first-order chi connectivity index (χ1) is 18.5. The van der Waals surface area contributed by atoms with Gasteiger partial charge in [-0.15, -0.1) is 9.24 Å². The van der Waals surface area contributed by atoms with Crippen LogP contribution in [-0.4, -0.2) is 20.1 Å². The van der Waals surface area contributed by atoms with E-state index >= 15 is 0 Å². The summed E-state index contributed by atoms with van der Waals surface area (Å²) < 4.78 is 19.3. The van der Waals surface area contributed by atoms with E-state index in [2.05, 4.69) is 64.7 Å². The molecule has 6 heteroatoms. The first-order valence-corrected chi connectivity index (χ1v) is 14.5. The third-order valence-electron chi connectivity index (χ3n) is 6.02. The van der Waals surface area contributed by atoms with E-state index in [0.717, 1.165) is 39.1 Å². The fourth-order valence-corrected chi connectivity index (χ4v) is 5.54. The monoisotopic (exact) mass is 533 g/mol. The largest absolute Gasteiger partial charge is 1.20 e. The van der Waals surface area contributed by atoms with Gasteiger partial charge in [-0.05, 0) is 60.9 Å². The van der Waals surface area contributed by atoms with Crippen molar-refractivity contribution in [2.75, 3.05) is 0 Å². The van der Waals surface area contributed by atoms with Crippen LogP contribution in [0.25, 0.3) is 22.0 Å². The van der Waals surface area contributed by atoms with Gasteiger partial charge < -0.3 is 11.4 Å². The van der Waals surface area contributed by atoms with Gasteiger partial charge in [0.05, 0.1) is 11.5 Å². The van der Waals surface area contributed by atoms with Crippen molar-refractivity contribution in [1.82, 2.24) is 4.98 Å². The molecule has 1 aromatic heterocycles. The fourth-order valence-electron chi connectivity index (χ4n) is 4.11. The quantitative estimate of drug-likeness (QED) is 0.169. The van der Waals surface area contributed by atoms with E-state index in [9.17, 15) is 0 Å². The molecule has 0 radical (unpaired) electrons. The molecule has 0 aliphatic heterocycles. The standard InChI is InChI=1S/C12H10O.C10H9NO.C10H13OP.Al/c13-12-8-6-11(7-9-12)10-4-2-1-3-5-10;1-7-5-6-8-3-2-4-9(12)10(8)11-7;1-8(12)5-6-9-3-2-4-10(11)7-9;/h1-9,13H;2-6,12H,1H3;2-6,11H,7,12H2,1H3;/q;;;+3/p-3/b;;8-5-,9-6-;. The number of nitrogens with zero attached hydrogens (tertiary/aromatic N) is 1. The van der Waals surface area contributed by atoms with E-state index in [1.165, 1.54) is 5.31 Å². The zero-order valence-electron chi connectivity index (χ0n) is 21.5. The summed E-state index contributed by atoms with van der Waals surface area (Å²) in [4.78, 5) is 4.72. The highest BCUT2D eigenvalue weighted by Crippen LogP contribution is 2.28. The molecule has 0 N–H and O–H groups in total. The predicted molar refractivity (Wildman–Crippen MR) is 160 cm³/mol. The summed E-state index contributed by atoms with van der Waals surface area (Å²) in [5.41, 5.74) is 5.17. The lowest BCUT2D eigenvalue weighted by molar-refractivity contribution is 0.252. The van der Waals surface area contributed by atoms with Crippen molar-refractivity contribution in [2.45, 2.75) is 20.3 Å². The lowest BCUT2D eigenvalue weighted by Gasteiger charge is -2.20. The van der Waals surface area contributed by atoms with Gasteiger partial charge >= 0.3 is 15.1 Å². The Morgan fingerprint density at radius 3 is 2.45 bits per heavy atom. The molecule has 38 heavy (non-hydrogen) atoms. The van der Waals surface area contributed by atoms with Crippen molar-refractivity contribution in [3.8, 4) is 22.6 Å². The second kappa shape index (κ2) is 12.3. The second-order valence-electron chi connectivity index (χ2n) is 9.13. The van der Waals surface area contributed by atoms with Gasteiger partial charge in [-0.1, -0.05) is 90.3 Å². The first-order valence-electron chi connectivity index (χ1n) is 12.6. The van der Waals surface area contributed by atoms with Crippen molar-refractivity contribution in [2.24, 2.45) is 0 Å². The van der Waals surface area contributed by atoms with E-state index < -0.39 is 15.1 Å². The zero-order chi connectivity index (χ0) is 26.3. The number of hydrogen-bond acceptors (Lipinski definition) is 4. The van der Waals surface area contributed by atoms with Crippen molar-refractivity contribution in [3.63, 3.8) is 0 Å². The average Bonchev–Trinajstić information content (AvgIpc) is 2.93. The highest BCUT2D eigenvalue weighted by atomic mass is 31.0. The Kier molecular flexibility index (Phi) is 8.42. The van der Waals surface area contributed by atoms with Crippen molar-refractivity contribution >= 4 is 35.3 Å². The van der Waals surface area contributed by atoms with Crippen LogP contribution in [0.1, 0.15) is 19.0 Å². The lowest BCUT2D eigenvalue weighted by Crippen LogP contribution is -2.34. The molecule has 188 valence electrons. The Morgan fingerprint density at radius 2 is 1.66 bits per heavy atom. The Morgan fingerprint density at radius 1 is 0.868 bits per heavy atom. The van der Waals surface area contributed by atoms with Gasteiger partial charge in [0.2, 0.25) is 0 Å². The maximum atomic E-state index is 6.47. The maximum absolute atomic E-state index is 6.47. The van der Waals surface area contributed by atoms with Gasteiger partial charge in [0.1, 0.15) is 11.3 Å². The smallest absolute Gasteiger partial charge is 0.580 e. The van der Waals surface area contributed by atoms with Crippen LogP contribution in [0, 0.1) is 6.92 Å². The van der Waals surface area contributed by atoms with Crippen LogP contribution in [0.3, 0.4) is 0 Å². The summed E-state index contributed by atoms with van der Waals surface area (Å²) >= 11 is -2.73. The minimum absolute atomic E-state index is 0.660. The molecule has 1 aliphatic carbocycles. The highest BCUT2D eigenvalue weighted by molar-refractivity contribution is 7.22. The summed E-state index contributed by atoms with van der Waals surface area (Å²) in [6, 6.07) is 28.3. The fraction of sp³-hybridized carbons (Fsp3) is 0.0938. The Balaban J connectivity index is 1.41. The molecule has 1 atom stereocenters. The Bertz CT molecular complexity index is 1540. The number of hydrogen-bond donors (Lipinski definition) is 0. The topological polar surface area (TPSA) is 40.6 Å². The second-order valence-corrected chi connectivity index (χ2v) is 11.3. The van der Waals surface area contributed by atoms with E-state index in [1.807, 2.05) is 73.7 Å². The molecule has 4 nitrogen and oxygen atoms in total. The van der Waals surface area contributed by atoms with Gasteiger partial charge in [0, 0.05) is 17.5 Å². The first kappa shape index (κ1) is 26.0. The van der Waals surface area contributed by atoms with E-state index in [1.54, 1.807) is 0 Å². The summed E-state index contributed by atoms with van der Waals surface area (Å²) in [5, 5.41) is 2.18. The molecule has 0 fully saturated rings. The number of para-hydroxylation sites is 1. The zero-order valence-corrected chi connectivity index (χ0v) is 23.8. The molecule has 1 unspecified atom stereocenters. The average molecular weight is 534 g/mol. The lowest BCUT2D eigenvalue weighted by atomic mass is 10.1. The van der Waals surface area contributed by atoms with E-state index in [4.69, 9.17) is 16.3 Å². The van der Waals surface area contributed by atoms with Crippen molar-refractivity contribution in [3.05, 3.63) is 138 Å². The summed E-state index contributed by atoms with van der Waals surface area (Å²) in [5.74, 6) is 2.18. The molecule has 0 bridgehead atoms.